The Bertz CT molecular complexity index is 1990. The predicted octanol–water partition coefficient (Wildman–Crippen LogP) is 9.57. The first kappa shape index (κ1) is 30.1. The van der Waals surface area contributed by atoms with Crippen LogP contribution in [0.25, 0.3) is 5.57 Å². The summed E-state index contributed by atoms with van der Waals surface area (Å²) in [7, 11) is 0. The van der Waals surface area contributed by atoms with Crippen LogP contribution in [0.2, 0.25) is 0 Å². The molecule has 3 aliphatic heterocycles. The highest BCUT2D eigenvalue weighted by atomic mass is 32.2. The summed E-state index contributed by atoms with van der Waals surface area (Å²) in [6.07, 6.45) is 4.91. The van der Waals surface area contributed by atoms with Gasteiger partial charge in [0.2, 0.25) is 0 Å². The lowest BCUT2D eigenvalue weighted by molar-refractivity contribution is 1.18. The minimum absolute atomic E-state index is 0.856. The molecule has 230 valence electrons. The fraction of sp³-hybridized carbons (Fsp3) is 0.0976. The minimum atomic E-state index is -2.29. The van der Waals surface area contributed by atoms with E-state index >= 15 is 0 Å². The molecule has 0 spiro atoms. The quantitative estimate of drug-likeness (QED) is 0.155. The average molecular weight is 664 g/mol. The van der Waals surface area contributed by atoms with E-state index in [1.807, 2.05) is 23.5 Å². The second kappa shape index (κ2) is 13.4. The van der Waals surface area contributed by atoms with Crippen LogP contribution in [0.1, 0.15) is 5.56 Å². The largest absolute Gasteiger partial charge is 0.311 e. The molecule has 5 aromatic carbocycles. The van der Waals surface area contributed by atoms with E-state index in [0.717, 1.165) is 41.7 Å². The molecule has 47 heavy (non-hydrogen) atoms. The normalized spacial score (nSPS) is 17.1. The summed E-state index contributed by atoms with van der Waals surface area (Å²) in [5.41, 5.74) is 5.79. The molecule has 0 amide bonds. The van der Waals surface area contributed by atoms with Gasteiger partial charge in [-0.15, -0.1) is 23.5 Å². The highest BCUT2D eigenvalue weighted by molar-refractivity contribution is 8.19. The highest BCUT2D eigenvalue weighted by Crippen LogP contribution is 2.60. The molecule has 0 saturated carbocycles. The van der Waals surface area contributed by atoms with Crippen LogP contribution in [0, 0.1) is 0 Å². The smallest absolute Gasteiger partial charge is 0.0988 e. The SMILES string of the molecule is C1=C(c2ccc(N(c3ccccc3)c3ccccc3)cc2)C=C(C2=NCCS2)P(c2ccccc2)(c2ccccc2)=C1C1=NCCS1. The topological polar surface area (TPSA) is 28.0 Å². The Hall–Kier alpha value is -4.28. The fourth-order valence-corrected chi connectivity index (χ4v) is 13.7. The van der Waals surface area contributed by atoms with Gasteiger partial charge < -0.3 is 4.90 Å². The molecule has 0 saturated heterocycles. The Morgan fingerprint density at radius 1 is 0.489 bits per heavy atom. The first-order chi connectivity index (χ1) is 23.3. The molecular formula is C41H34N3PS2. The van der Waals surface area contributed by atoms with Crippen molar-refractivity contribution in [2.75, 3.05) is 29.5 Å². The van der Waals surface area contributed by atoms with E-state index < -0.39 is 6.89 Å². The molecule has 3 heterocycles. The molecule has 0 fully saturated rings. The highest BCUT2D eigenvalue weighted by Gasteiger charge is 2.39. The summed E-state index contributed by atoms with van der Waals surface area (Å²) in [4.78, 5) is 12.6. The molecule has 8 rings (SSSR count). The van der Waals surface area contributed by atoms with Crippen molar-refractivity contribution in [3.05, 3.63) is 169 Å². The fourth-order valence-electron chi connectivity index (χ4n) is 6.63. The Labute approximate surface area is 285 Å². The third-order valence-corrected chi connectivity index (χ3v) is 15.3. The van der Waals surface area contributed by atoms with Crippen LogP contribution in [0.4, 0.5) is 17.1 Å². The first-order valence-corrected chi connectivity index (χ1v) is 19.8. The van der Waals surface area contributed by atoms with Crippen molar-refractivity contribution in [3.63, 3.8) is 0 Å². The van der Waals surface area contributed by atoms with Crippen LogP contribution in [-0.4, -0.2) is 40.0 Å². The molecule has 0 aromatic heterocycles. The molecule has 3 nitrogen and oxygen atoms in total. The van der Waals surface area contributed by atoms with E-state index in [9.17, 15) is 0 Å². The first-order valence-electron chi connectivity index (χ1n) is 16.0. The second-order valence-corrected chi connectivity index (χ2v) is 17.0. The summed E-state index contributed by atoms with van der Waals surface area (Å²) in [6.45, 7) is -0.576. The maximum Gasteiger partial charge on any atom is 0.0988 e. The van der Waals surface area contributed by atoms with Crippen LogP contribution in [-0.2, 0) is 0 Å². The maximum atomic E-state index is 5.14. The molecule has 0 atom stereocenters. The van der Waals surface area contributed by atoms with Crippen LogP contribution >= 0.6 is 30.4 Å². The standard InChI is InChI=1S/C41H34N3PS2/c1-5-13-33(14-6-1)44(34-15-7-2-8-16-34)35-23-21-31(22-24-35)32-29-38(40-42-25-27-46-40)45(36-17-9-3-10-18-36,37-19-11-4-12-20-37)39(30-32)41-43-26-28-47-41/h1-24,29-30H,25-28H2. The van der Waals surface area contributed by atoms with Crippen molar-refractivity contribution in [1.82, 2.24) is 0 Å². The molecule has 5 aromatic rings. The van der Waals surface area contributed by atoms with E-state index in [0.29, 0.717) is 0 Å². The third-order valence-electron chi connectivity index (χ3n) is 8.69. The number of hydrogen-bond acceptors (Lipinski definition) is 5. The van der Waals surface area contributed by atoms with Gasteiger partial charge in [0.15, 0.2) is 0 Å². The van der Waals surface area contributed by atoms with Crippen molar-refractivity contribution >= 4 is 79.0 Å². The Balaban J connectivity index is 1.34. The van der Waals surface area contributed by atoms with Gasteiger partial charge in [0.05, 0.1) is 10.1 Å². The number of rotatable bonds is 8. The zero-order valence-electron chi connectivity index (χ0n) is 25.9. The number of aliphatic imine (C=N–C) groups is 2. The van der Waals surface area contributed by atoms with Gasteiger partial charge in [0.25, 0.3) is 0 Å². The summed E-state index contributed by atoms with van der Waals surface area (Å²) < 4.78 is 0. The predicted molar refractivity (Wildman–Crippen MR) is 211 cm³/mol. The molecule has 0 bridgehead atoms. The lowest BCUT2D eigenvalue weighted by Crippen LogP contribution is -2.29. The minimum Gasteiger partial charge on any atom is -0.311 e. The maximum absolute atomic E-state index is 5.14. The van der Waals surface area contributed by atoms with Gasteiger partial charge in [-0.3, -0.25) is 9.98 Å². The number of allylic oxidation sites excluding steroid dienone is 3. The van der Waals surface area contributed by atoms with E-state index in [2.05, 4.69) is 163 Å². The molecule has 0 radical (unpaired) electrons. The van der Waals surface area contributed by atoms with Crippen molar-refractivity contribution in [3.8, 4) is 0 Å². The lowest BCUT2D eigenvalue weighted by Gasteiger charge is -2.36. The van der Waals surface area contributed by atoms with Gasteiger partial charge in [-0.05, 0) is 77.2 Å². The van der Waals surface area contributed by atoms with Crippen molar-refractivity contribution in [1.29, 1.82) is 0 Å². The van der Waals surface area contributed by atoms with Crippen molar-refractivity contribution in [2.24, 2.45) is 9.98 Å². The average Bonchev–Trinajstić information content (AvgIpc) is 3.89. The van der Waals surface area contributed by atoms with Gasteiger partial charge in [0, 0.05) is 52.3 Å². The van der Waals surface area contributed by atoms with E-state index in [1.165, 1.54) is 42.4 Å². The van der Waals surface area contributed by atoms with Gasteiger partial charge in [-0.2, -0.15) is 0 Å². The molecule has 3 aliphatic rings. The number of anilines is 3. The number of hydrogen-bond donors (Lipinski definition) is 0. The summed E-state index contributed by atoms with van der Waals surface area (Å²) in [6, 6.07) is 52.5. The third kappa shape index (κ3) is 5.67. The Kier molecular flexibility index (Phi) is 8.61. The van der Waals surface area contributed by atoms with E-state index in [1.54, 1.807) is 0 Å². The van der Waals surface area contributed by atoms with Crippen LogP contribution in [0.5, 0.6) is 0 Å². The Morgan fingerprint density at radius 2 is 0.957 bits per heavy atom. The van der Waals surface area contributed by atoms with Crippen LogP contribution in [0.3, 0.4) is 0 Å². The van der Waals surface area contributed by atoms with Crippen LogP contribution in [0.15, 0.2) is 173 Å². The molecule has 0 N–H and O–H groups in total. The number of nitrogens with zero attached hydrogens (tertiary/aromatic N) is 3. The zero-order chi connectivity index (χ0) is 31.5. The van der Waals surface area contributed by atoms with E-state index in [4.69, 9.17) is 9.98 Å². The van der Waals surface area contributed by atoms with Crippen LogP contribution < -0.4 is 15.5 Å². The monoisotopic (exact) mass is 663 g/mol. The summed E-state index contributed by atoms with van der Waals surface area (Å²) in [5, 5.41) is 7.75. The molecule has 0 unspecified atom stereocenters. The Morgan fingerprint density at radius 3 is 1.45 bits per heavy atom. The van der Waals surface area contributed by atoms with Gasteiger partial charge >= 0.3 is 0 Å². The molecule has 0 aliphatic carbocycles. The zero-order valence-corrected chi connectivity index (χ0v) is 28.5. The number of thioether (sulfide) groups is 2. The summed E-state index contributed by atoms with van der Waals surface area (Å²) in [5.74, 6) is 2.04. The second-order valence-electron chi connectivity index (χ2n) is 11.5. The van der Waals surface area contributed by atoms with Gasteiger partial charge in [-0.1, -0.05) is 109 Å². The number of para-hydroxylation sites is 2. The number of benzene rings is 5. The lowest BCUT2D eigenvalue weighted by atomic mass is 10.0. The van der Waals surface area contributed by atoms with E-state index in [-0.39, 0.29) is 0 Å². The molecule has 6 heteroatoms. The van der Waals surface area contributed by atoms with Crippen molar-refractivity contribution < 1.29 is 0 Å². The molecular weight excluding hydrogens is 630 g/mol. The summed E-state index contributed by atoms with van der Waals surface area (Å²) >= 11 is 3.80. The van der Waals surface area contributed by atoms with Gasteiger partial charge in [0.1, 0.15) is 0 Å². The van der Waals surface area contributed by atoms with Gasteiger partial charge in [-0.25, -0.2) is 0 Å². The van der Waals surface area contributed by atoms with Crippen molar-refractivity contribution in [2.45, 2.75) is 0 Å².